The first-order valence-electron chi connectivity index (χ1n) is 3.53. The SMILES string of the molecule is Fc1cccc2c(Br)[c]ccc12. The van der Waals surface area contributed by atoms with Crippen molar-refractivity contribution >= 4 is 26.7 Å². The summed E-state index contributed by atoms with van der Waals surface area (Å²) < 4.78 is 13.9. The first kappa shape index (κ1) is 7.74. The minimum atomic E-state index is -0.192. The number of fused-ring (bicyclic) bond motifs is 1. The Morgan fingerprint density at radius 3 is 2.75 bits per heavy atom. The molecular weight excluding hydrogens is 219 g/mol. The molecule has 0 heterocycles. The molecule has 0 bridgehead atoms. The van der Waals surface area contributed by atoms with Crippen LogP contribution in [0.25, 0.3) is 10.8 Å². The molecule has 0 unspecified atom stereocenters. The third-order valence-electron chi connectivity index (χ3n) is 1.75. The average molecular weight is 224 g/mol. The molecule has 0 aliphatic heterocycles. The Balaban J connectivity index is 2.94. The van der Waals surface area contributed by atoms with Crippen LogP contribution in [0.4, 0.5) is 4.39 Å². The van der Waals surface area contributed by atoms with Crippen LogP contribution >= 0.6 is 15.9 Å². The second kappa shape index (κ2) is 2.87. The lowest BCUT2D eigenvalue weighted by Crippen LogP contribution is -1.79. The van der Waals surface area contributed by atoms with E-state index >= 15 is 0 Å². The van der Waals surface area contributed by atoms with E-state index in [1.54, 1.807) is 18.2 Å². The molecule has 0 fully saturated rings. The molecule has 0 aromatic heterocycles. The lowest BCUT2D eigenvalue weighted by atomic mass is 10.1. The van der Waals surface area contributed by atoms with Crippen molar-refractivity contribution in [3.63, 3.8) is 0 Å². The zero-order valence-corrected chi connectivity index (χ0v) is 7.73. The van der Waals surface area contributed by atoms with Gasteiger partial charge in [-0.1, -0.05) is 24.3 Å². The summed E-state index contributed by atoms with van der Waals surface area (Å²) in [5, 5.41) is 1.49. The lowest BCUT2D eigenvalue weighted by molar-refractivity contribution is 0.640. The highest BCUT2D eigenvalue weighted by molar-refractivity contribution is 9.10. The fourth-order valence-electron chi connectivity index (χ4n) is 1.17. The van der Waals surface area contributed by atoms with Crippen molar-refractivity contribution in [3.05, 3.63) is 46.7 Å². The van der Waals surface area contributed by atoms with Crippen LogP contribution in [-0.2, 0) is 0 Å². The summed E-state index contributed by atoms with van der Waals surface area (Å²) in [4.78, 5) is 0. The summed E-state index contributed by atoms with van der Waals surface area (Å²) in [6.07, 6.45) is 0. The van der Waals surface area contributed by atoms with Crippen LogP contribution in [0.15, 0.2) is 34.8 Å². The van der Waals surface area contributed by atoms with Crippen LogP contribution in [-0.4, -0.2) is 0 Å². The van der Waals surface area contributed by atoms with Gasteiger partial charge in [0.15, 0.2) is 0 Å². The monoisotopic (exact) mass is 223 g/mol. The highest BCUT2D eigenvalue weighted by Gasteiger charge is 2.01. The van der Waals surface area contributed by atoms with E-state index in [4.69, 9.17) is 0 Å². The molecule has 2 aromatic carbocycles. The maximum Gasteiger partial charge on any atom is 0.131 e. The minimum absolute atomic E-state index is 0.192. The smallest absolute Gasteiger partial charge is 0.131 e. The summed E-state index contributed by atoms with van der Waals surface area (Å²) in [6, 6.07) is 11.4. The largest absolute Gasteiger partial charge is 0.206 e. The third kappa shape index (κ3) is 1.12. The van der Waals surface area contributed by atoms with Gasteiger partial charge in [-0.15, -0.1) is 0 Å². The molecule has 2 heteroatoms. The Kier molecular flexibility index (Phi) is 1.85. The summed E-state index contributed by atoms with van der Waals surface area (Å²) in [5.41, 5.74) is 0. The van der Waals surface area contributed by atoms with Crippen LogP contribution in [0.1, 0.15) is 0 Å². The molecule has 0 aliphatic carbocycles. The van der Waals surface area contributed by atoms with Crippen molar-refractivity contribution < 1.29 is 4.39 Å². The zero-order valence-electron chi connectivity index (χ0n) is 6.14. The van der Waals surface area contributed by atoms with E-state index in [2.05, 4.69) is 22.0 Å². The lowest BCUT2D eigenvalue weighted by Gasteiger charge is -1.99. The second-order valence-corrected chi connectivity index (χ2v) is 3.29. The molecule has 0 spiro atoms. The van der Waals surface area contributed by atoms with E-state index in [0.29, 0.717) is 5.39 Å². The van der Waals surface area contributed by atoms with Crippen molar-refractivity contribution in [3.8, 4) is 0 Å². The summed E-state index contributed by atoms with van der Waals surface area (Å²) >= 11 is 3.31. The molecule has 2 aromatic rings. The van der Waals surface area contributed by atoms with Crippen molar-refractivity contribution in [2.75, 3.05) is 0 Å². The van der Waals surface area contributed by atoms with Crippen LogP contribution in [0.5, 0.6) is 0 Å². The molecule has 0 amide bonds. The summed E-state index contributed by atoms with van der Waals surface area (Å²) in [6.45, 7) is 0. The van der Waals surface area contributed by atoms with Crippen LogP contribution in [0, 0.1) is 11.9 Å². The van der Waals surface area contributed by atoms with Crippen LogP contribution in [0.2, 0.25) is 0 Å². The Labute approximate surface area is 78.1 Å². The predicted molar refractivity (Wildman–Crippen MR) is 50.4 cm³/mol. The first-order valence-corrected chi connectivity index (χ1v) is 4.33. The maximum absolute atomic E-state index is 13.1. The van der Waals surface area contributed by atoms with Gasteiger partial charge in [0.25, 0.3) is 0 Å². The molecule has 0 atom stereocenters. The van der Waals surface area contributed by atoms with Gasteiger partial charge in [0.2, 0.25) is 0 Å². The highest BCUT2D eigenvalue weighted by atomic mass is 79.9. The fraction of sp³-hybridized carbons (Fsp3) is 0. The molecular formula is C10H5BrF. The van der Waals surface area contributed by atoms with Crippen LogP contribution in [0.3, 0.4) is 0 Å². The summed E-state index contributed by atoms with van der Waals surface area (Å²) in [7, 11) is 0. The van der Waals surface area contributed by atoms with E-state index in [-0.39, 0.29) is 5.82 Å². The predicted octanol–water partition coefficient (Wildman–Crippen LogP) is 3.54. The number of halogens is 2. The Bertz CT molecular complexity index is 382. The molecule has 0 N–H and O–H groups in total. The number of benzene rings is 2. The average Bonchev–Trinajstić information content (AvgIpc) is 2.07. The molecule has 59 valence electrons. The maximum atomic E-state index is 13.1. The minimum Gasteiger partial charge on any atom is -0.206 e. The Morgan fingerprint density at radius 1 is 1.17 bits per heavy atom. The van der Waals surface area contributed by atoms with Gasteiger partial charge in [-0.2, -0.15) is 0 Å². The normalized spacial score (nSPS) is 10.5. The van der Waals surface area contributed by atoms with Crippen molar-refractivity contribution in [1.29, 1.82) is 0 Å². The second-order valence-electron chi connectivity index (χ2n) is 2.49. The van der Waals surface area contributed by atoms with Gasteiger partial charge < -0.3 is 0 Å². The van der Waals surface area contributed by atoms with E-state index in [0.717, 1.165) is 9.86 Å². The summed E-state index contributed by atoms with van der Waals surface area (Å²) in [5.74, 6) is -0.192. The molecule has 1 radical (unpaired) electrons. The molecule has 0 nitrogen and oxygen atoms in total. The quantitative estimate of drug-likeness (QED) is 0.641. The van der Waals surface area contributed by atoms with Gasteiger partial charge in [0.1, 0.15) is 5.82 Å². The standard InChI is InChI=1S/C10H5BrF/c11-9-5-1-4-8-7(9)3-2-6-10(8)12/h1-4,6H. The number of rotatable bonds is 0. The van der Waals surface area contributed by atoms with Crippen molar-refractivity contribution in [2.45, 2.75) is 0 Å². The van der Waals surface area contributed by atoms with Crippen LogP contribution < -0.4 is 0 Å². The fourth-order valence-corrected chi connectivity index (χ4v) is 1.65. The van der Waals surface area contributed by atoms with Gasteiger partial charge in [-0.25, -0.2) is 4.39 Å². The molecule has 0 saturated carbocycles. The van der Waals surface area contributed by atoms with Gasteiger partial charge in [0.05, 0.1) is 0 Å². The Morgan fingerprint density at radius 2 is 2.00 bits per heavy atom. The molecule has 0 aliphatic rings. The zero-order chi connectivity index (χ0) is 8.55. The molecule has 12 heavy (non-hydrogen) atoms. The third-order valence-corrected chi connectivity index (χ3v) is 2.41. The van der Waals surface area contributed by atoms with E-state index < -0.39 is 0 Å². The molecule has 2 rings (SSSR count). The highest BCUT2D eigenvalue weighted by Crippen LogP contribution is 2.24. The Hall–Kier alpha value is -0.890. The van der Waals surface area contributed by atoms with Gasteiger partial charge in [-0.05, 0) is 33.4 Å². The number of hydrogen-bond donors (Lipinski definition) is 0. The number of hydrogen-bond acceptors (Lipinski definition) is 0. The van der Waals surface area contributed by atoms with E-state index in [1.165, 1.54) is 6.07 Å². The van der Waals surface area contributed by atoms with E-state index in [1.807, 2.05) is 6.07 Å². The first-order chi connectivity index (χ1) is 5.79. The topological polar surface area (TPSA) is 0 Å². The van der Waals surface area contributed by atoms with Crippen molar-refractivity contribution in [1.82, 2.24) is 0 Å². The van der Waals surface area contributed by atoms with Gasteiger partial charge in [0, 0.05) is 9.86 Å². The van der Waals surface area contributed by atoms with Gasteiger partial charge >= 0.3 is 0 Å². The molecule has 0 saturated heterocycles. The van der Waals surface area contributed by atoms with E-state index in [9.17, 15) is 4.39 Å². The van der Waals surface area contributed by atoms with Crippen molar-refractivity contribution in [2.24, 2.45) is 0 Å². The van der Waals surface area contributed by atoms with Gasteiger partial charge in [-0.3, -0.25) is 0 Å².